The van der Waals surface area contributed by atoms with Crippen molar-refractivity contribution in [1.82, 2.24) is 5.01 Å². The van der Waals surface area contributed by atoms with Crippen LogP contribution in [0.25, 0.3) is 0 Å². The Bertz CT molecular complexity index is 323. The first-order chi connectivity index (χ1) is 6.24. The third-order valence-corrected chi connectivity index (χ3v) is 1.70. The van der Waals surface area contributed by atoms with E-state index in [1.807, 2.05) is 6.92 Å². The van der Waals surface area contributed by atoms with Gasteiger partial charge in [0.1, 0.15) is 5.82 Å². The van der Waals surface area contributed by atoms with E-state index in [1.54, 1.807) is 18.4 Å². The van der Waals surface area contributed by atoms with Gasteiger partial charge in [0.15, 0.2) is 5.82 Å². The van der Waals surface area contributed by atoms with E-state index in [2.05, 4.69) is 23.4 Å². The Balaban J connectivity index is 3.15. The Kier molecular flexibility index (Phi) is 2.64. The lowest BCUT2D eigenvalue weighted by molar-refractivity contribution is 0.442. The normalized spacial score (nSPS) is 19.5. The number of aliphatic imine (C=N–C) groups is 1. The second kappa shape index (κ2) is 3.71. The van der Waals surface area contributed by atoms with Crippen LogP contribution in [0.2, 0.25) is 0 Å². The predicted octanol–water partition coefficient (Wildman–Crippen LogP) is 1.21. The van der Waals surface area contributed by atoms with Crippen molar-refractivity contribution in [3.8, 4) is 0 Å². The van der Waals surface area contributed by atoms with Gasteiger partial charge in [0, 0.05) is 18.5 Å². The van der Waals surface area contributed by atoms with Crippen molar-refractivity contribution in [3.05, 3.63) is 35.9 Å². The summed E-state index contributed by atoms with van der Waals surface area (Å²) in [5.41, 5.74) is 6.53. The molecule has 68 valence electrons. The molecule has 4 heteroatoms. The maximum Gasteiger partial charge on any atom is 0.151 e. The molecular formula is C9H12N4. The van der Waals surface area contributed by atoms with Gasteiger partial charge in [-0.1, -0.05) is 12.7 Å². The molecule has 1 rings (SSSR count). The highest BCUT2D eigenvalue weighted by atomic mass is 15.5. The van der Waals surface area contributed by atoms with Crippen molar-refractivity contribution < 1.29 is 0 Å². The summed E-state index contributed by atoms with van der Waals surface area (Å²) in [6.45, 7) is 8.89. The van der Waals surface area contributed by atoms with Crippen LogP contribution in [-0.4, -0.2) is 17.9 Å². The minimum atomic E-state index is 0.494. The number of hydrazone groups is 1. The van der Waals surface area contributed by atoms with E-state index in [9.17, 15) is 0 Å². The molecule has 1 heterocycles. The molecule has 0 fully saturated rings. The summed E-state index contributed by atoms with van der Waals surface area (Å²) in [5, 5.41) is 5.22. The molecule has 0 amide bonds. The monoisotopic (exact) mass is 176 g/mol. The van der Waals surface area contributed by atoms with Crippen molar-refractivity contribution >= 4 is 12.9 Å². The van der Waals surface area contributed by atoms with Crippen LogP contribution in [0.4, 0.5) is 0 Å². The molecule has 0 aromatic heterocycles. The van der Waals surface area contributed by atoms with E-state index >= 15 is 0 Å². The fourth-order valence-electron chi connectivity index (χ4n) is 1.00. The zero-order chi connectivity index (χ0) is 9.84. The van der Waals surface area contributed by atoms with Gasteiger partial charge in [-0.15, -0.1) is 0 Å². The lowest BCUT2D eigenvalue weighted by Crippen LogP contribution is -2.26. The van der Waals surface area contributed by atoms with Crippen molar-refractivity contribution in [2.45, 2.75) is 6.92 Å². The SMILES string of the molecule is C=CC1=C(N)N(N=C)/C(=C\C)N=C1. The fourth-order valence-corrected chi connectivity index (χ4v) is 1.00. The number of nitrogens with zero attached hydrogens (tertiary/aromatic N) is 3. The molecule has 0 aromatic carbocycles. The molecule has 1 aliphatic rings. The molecule has 0 saturated carbocycles. The standard InChI is InChI=1S/C9H12N4/c1-4-7-6-12-8(5-2)13(11-3)9(7)10/h4-6H,1,3,10H2,2H3/b8-5-. The molecule has 0 aromatic rings. The lowest BCUT2D eigenvalue weighted by atomic mass is 10.2. The molecule has 13 heavy (non-hydrogen) atoms. The molecule has 0 bridgehead atoms. The molecule has 0 spiro atoms. The van der Waals surface area contributed by atoms with Gasteiger partial charge in [-0.3, -0.25) is 0 Å². The second-order valence-electron chi connectivity index (χ2n) is 2.40. The molecule has 0 atom stereocenters. The fraction of sp³-hybridized carbons (Fsp3) is 0.111. The van der Waals surface area contributed by atoms with Crippen LogP contribution >= 0.6 is 0 Å². The van der Waals surface area contributed by atoms with Gasteiger partial charge in [0.25, 0.3) is 0 Å². The summed E-state index contributed by atoms with van der Waals surface area (Å²) in [5.74, 6) is 1.16. The van der Waals surface area contributed by atoms with Gasteiger partial charge in [0.2, 0.25) is 0 Å². The summed E-state index contributed by atoms with van der Waals surface area (Å²) in [6.07, 6.45) is 5.08. The highest BCUT2D eigenvalue weighted by Gasteiger charge is 2.15. The molecule has 0 aliphatic carbocycles. The Morgan fingerprint density at radius 2 is 2.38 bits per heavy atom. The zero-order valence-electron chi connectivity index (χ0n) is 7.57. The minimum Gasteiger partial charge on any atom is -0.383 e. The number of nitrogens with two attached hydrogens (primary N) is 1. The maximum absolute atomic E-state index is 5.78. The van der Waals surface area contributed by atoms with E-state index in [1.165, 1.54) is 5.01 Å². The molecule has 0 saturated heterocycles. The maximum atomic E-state index is 5.78. The highest BCUT2D eigenvalue weighted by Crippen LogP contribution is 2.18. The van der Waals surface area contributed by atoms with Crippen LogP contribution in [0.1, 0.15) is 6.92 Å². The van der Waals surface area contributed by atoms with E-state index < -0.39 is 0 Å². The van der Waals surface area contributed by atoms with Crippen LogP contribution in [0.15, 0.2) is 46.0 Å². The van der Waals surface area contributed by atoms with Crippen molar-refractivity contribution in [3.63, 3.8) is 0 Å². The van der Waals surface area contributed by atoms with E-state index in [4.69, 9.17) is 5.73 Å². The van der Waals surface area contributed by atoms with Gasteiger partial charge in [-0.05, 0) is 13.0 Å². The molecule has 4 nitrogen and oxygen atoms in total. The topological polar surface area (TPSA) is 54.0 Å². The molecule has 1 aliphatic heterocycles. The summed E-state index contributed by atoms with van der Waals surface area (Å²) < 4.78 is 0. The molecular weight excluding hydrogens is 164 g/mol. The number of allylic oxidation sites excluding steroid dienone is 3. The van der Waals surface area contributed by atoms with Gasteiger partial charge < -0.3 is 5.73 Å². The molecule has 0 radical (unpaired) electrons. The first-order valence-corrected chi connectivity index (χ1v) is 3.84. The number of hydrogen-bond donors (Lipinski definition) is 1. The van der Waals surface area contributed by atoms with Crippen LogP contribution in [0.5, 0.6) is 0 Å². The van der Waals surface area contributed by atoms with E-state index in [0.717, 1.165) is 5.57 Å². The first-order valence-electron chi connectivity index (χ1n) is 3.84. The number of hydrogen-bond acceptors (Lipinski definition) is 4. The average molecular weight is 176 g/mol. The highest BCUT2D eigenvalue weighted by molar-refractivity contribution is 5.84. The summed E-state index contributed by atoms with van der Waals surface area (Å²) in [7, 11) is 0. The summed E-state index contributed by atoms with van der Waals surface area (Å²) in [4.78, 5) is 4.12. The van der Waals surface area contributed by atoms with Gasteiger partial charge in [-0.25, -0.2) is 4.99 Å². The lowest BCUT2D eigenvalue weighted by Gasteiger charge is -2.22. The Labute approximate surface area is 77.4 Å². The smallest absolute Gasteiger partial charge is 0.151 e. The summed E-state index contributed by atoms with van der Waals surface area (Å²) in [6, 6.07) is 0. The average Bonchev–Trinajstić information content (AvgIpc) is 2.17. The van der Waals surface area contributed by atoms with Gasteiger partial charge in [0.05, 0.1) is 0 Å². The molecule has 0 unspecified atom stereocenters. The van der Waals surface area contributed by atoms with Gasteiger partial charge >= 0.3 is 0 Å². The zero-order valence-corrected chi connectivity index (χ0v) is 7.57. The third-order valence-electron chi connectivity index (χ3n) is 1.70. The van der Waals surface area contributed by atoms with Crippen molar-refractivity contribution in [1.29, 1.82) is 0 Å². The predicted molar refractivity (Wildman–Crippen MR) is 55.0 cm³/mol. The van der Waals surface area contributed by atoms with Crippen LogP contribution in [0.3, 0.4) is 0 Å². The Morgan fingerprint density at radius 3 is 2.85 bits per heavy atom. The second-order valence-corrected chi connectivity index (χ2v) is 2.40. The number of rotatable bonds is 2. The van der Waals surface area contributed by atoms with Crippen LogP contribution < -0.4 is 5.73 Å². The van der Waals surface area contributed by atoms with E-state index in [0.29, 0.717) is 11.6 Å². The Hall–Kier alpha value is -1.84. The van der Waals surface area contributed by atoms with Crippen molar-refractivity contribution in [2.75, 3.05) is 0 Å². The van der Waals surface area contributed by atoms with Crippen molar-refractivity contribution in [2.24, 2.45) is 15.8 Å². The van der Waals surface area contributed by atoms with Crippen LogP contribution in [-0.2, 0) is 0 Å². The first kappa shape index (κ1) is 9.25. The molecule has 2 N–H and O–H groups in total. The van der Waals surface area contributed by atoms with Gasteiger partial charge in [-0.2, -0.15) is 10.1 Å². The summed E-state index contributed by atoms with van der Waals surface area (Å²) >= 11 is 0. The minimum absolute atomic E-state index is 0.494. The Morgan fingerprint density at radius 1 is 1.69 bits per heavy atom. The quantitative estimate of drug-likeness (QED) is 0.643. The third kappa shape index (κ3) is 1.51. The van der Waals surface area contributed by atoms with E-state index in [-0.39, 0.29) is 0 Å². The van der Waals surface area contributed by atoms with Crippen LogP contribution in [0, 0.1) is 0 Å². The largest absolute Gasteiger partial charge is 0.383 e.